The van der Waals surface area contributed by atoms with Crippen molar-refractivity contribution in [1.82, 2.24) is 20.2 Å². The molecule has 7 nitrogen and oxygen atoms in total. The summed E-state index contributed by atoms with van der Waals surface area (Å²) in [5.41, 5.74) is 1.11. The summed E-state index contributed by atoms with van der Waals surface area (Å²) in [6, 6.07) is 0. The third-order valence-electron chi connectivity index (χ3n) is 5.23. The molecule has 0 radical (unpaired) electrons. The minimum absolute atomic E-state index is 0.138. The summed E-state index contributed by atoms with van der Waals surface area (Å²) in [6.07, 6.45) is 6.35. The number of carbonyl (C=O) groups excluding carboxylic acids is 1. The highest BCUT2D eigenvalue weighted by atomic mass is 16.1. The Kier molecular flexibility index (Phi) is 6.07. The quantitative estimate of drug-likeness (QED) is 0.857. The maximum Gasteiger partial charge on any atom is 0.223 e. The molecule has 3 rings (SSSR count). The number of piperidine rings is 1. The number of nitrogens with zero attached hydrogens (tertiary/aromatic N) is 5. The fourth-order valence-electron chi connectivity index (χ4n) is 3.58. The van der Waals surface area contributed by atoms with Gasteiger partial charge in [0.05, 0.1) is 11.9 Å². The van der Waals surface area contributed by atoms with E-state index in [1.807, 2.05) is 6.20 Å². The van der Waals surface area contributed by atoms with E-state index in [1.165, 1.54) is 0 Å². The van der Waals surface area contributed by atoms with Crippen LogP contribution in [0.3, 0.4) is 0 Å². The highest BCUT2D eigenvalue weighted by Gasteiger charge is 2.27. The molecule has 7 heteroatoms. The van der Waals surface area contributed by atoms with Gasteiger partial charge in [0.1, 0.15) is 6.33 Å². The smallest absolute Gasteiger partial charge is 0.223 e. The lowest BCUT2D eigenvalue weighted by molar-refractivity contribution is -0.125. The van der Waals surface area contributed by atoms with Gasteiger partial charge in [0, 0.05) is 51.7 Å². The first-order valence-electron chi connectivity index (χ1n) is 9.45. The second-order valence-electron chi connectivity index (χ2n) is 7.07. The fourth-order valence-corrected chi connectivity index (χ4v) is 3.58. The highest BCUT2D eigenvalue weighted by molar-refractivity contribution is 5.79. The van der Waals surface area contributed by atoms with E-state index < -0.39 is 0 Å². The van der Waals surface area contributed by atoms with Gasteiger partial charge in [-0.1, -0.05) is 6.92 Å². The second kappa shape index (κ2) is 8.47. The lowest BCUT2D eigenvalue weighted by atomic mass is 9.95. The fraction of sp³-hybridized carbons (Fsp3) is 0.722. The molecule has 0 aromatic carbocycles. The summed E-state index contributed by atoms with van der Waals surface area (Å²) < 4.78 is 0. The molecule has 2 fully saturated rings. The number of hydrogen-bond donors (Lipinski definition) is 1. The molecule has 1 aromatic rings. The number of anilines is 2. The van der Waals surface area contributed by atoms with E-state index in [0.717, 1.165) is 76.6 Å². The average Bonchev–Trinajstić information content (AvgIpc) is 2.67. The largest absolute Gasteiger partial charge is 0.367 e. The summed E-state index contributed by atoms with van der Waals surface area (Å²) in [7, 11) is 2.16. The number of rotatable bonds is 5. The van der Waals surface area contributed by atoms with Crippen LogP contribution in [-0.4, -0.2) is 73.6 Å². The first-order chi connectivity index (χ1) is 12.2. The Bertz CT molecular complexity index is 564. The number of likely N-dealkylation sites (N-methyl/N-ethyl adjacent to an activating group) is 1. The molecular formula is C18H30N6O. The monoisotopic (exact) mass is 346 g/mol. The molecule has 2 aliphatic rings. The van der Waals surface area contributed by atoms with Gasteiger partial charge in [0.2, 0.25) is 5.91 Å². The van der Waals surface area contributed by atoms with Gasteiger partial charge in [0.25, 0.3) is 0 Å². The topological polar surface area (TPSA) is 64.6 Å². The summed E-state index contributed by atoms with van der Waals surface area (Å²) in [5.74, 6) is 1.39. The molecule has 0 atom stereocenters. The molecule has 1 amide bonds. The molecule has 1 aromatic heterocycles. The van der Waals surface area contributed by atoms with Crippen LogP contribution in [0.4, 0.5) is 11.5 Å². The van der Waals surface area contributed by atoms with Crippen LogP contribution in [0, 0.1) is 5.92 Å². The van der Waals surface area contributed by atoms with Crippen molar-refractivity contribution in [2.24, 2.45) is 5.92 Å². The van der Waals surface area contributed by atoms with Crippen LogP contribution in [0.5, 0.6) is 0 Å². The first kappa shape index (κ1) is 17.9. The maximum absolute atomic E-state index is 12.2. The zero-order valence-electron chi connectivity index (χ0n) is 15.4. The number of hydrogen-bond acceptors (Lipinski definition) is 6. The number of nitrogens with one attached hydrogen (secondary N) is 1. The predicted octanol–water partition coefficient (Wildman–Crippen LogP) is 0.971. The molecule has 138 valence electrons. The van der Waals surface area contributed by atoms with Crippen molar-refractivity contribution in [3.05, 3.63) is 12.5 Å². The van der Waals surface area contributed by atoms with Crippen LogP contribution in [0.25, 0.3) is 0 Å². The predicted molar refractivity (Wildman–Crippen MR) is 100.0 cm³/mol. The maximum atomic E-state index is 12.2. The minimum Gasteiger partial charge on any atom is -0.367 e. The average molecular weight is 346 g/mol. The number of aromatic nitrogens is 2. The molecular weight excluding hydrogens is 316 g/mol. The lowest BCUT2D eigenvalue weighted by Crippen LogP contribution is -2.46. The van der Waals surface area contributed by atoms with Crippen LogP contribution in [0.2, 0.25) is 0 Å². The molecule has 0 bridgehead atoms. The third-order valence-corrected chi connectivity index (χ3v) is 5.23. The van der Waals surface area contributed by atoms with Gasteiger partial charge in [-0.2, -0.15) is 0 Å². The van der Waals surface area contributed by atoms with E-state index >= 15 is 0 Å². The van der Waals surface area contributed by atoms with Crippen molar-refractivity contribution in [2.45, 2.75) is 26.2 Å². The Labute approximate surface area is 150 Å². The Balaban J connectivity index is 1.63. The Hall–Kier alpha value is -1.89. The van der Waals surface area contributed by atoms with Crippen LogP contribution >= 0.6 is 0 Å². The number of carbonyl (C=O) groups is 1. The van der Waals surface area contributed by atoms with E-state index in [0.29, 0.717) is 0 Å². The summed E-state index contributed by atoms with van der Waals surface area (Å²) in [6.45, 7) is 8.74. The van der Waals surface area contributed by atoms with Gasteiger partial charge < -0.3 is 20.0 Å². The molecule has 0 spiro atoms. The van der Waals surface area contributed by atoms with Crippen molar-refractivity contribution >= 4 is 17.4 Å². The zero-order valence-corrected chi connectivity index (χ0v) is 15.4. The van der Waals surface area contributed by atoms with Crippen LogP contribution < -0.4 is 15.1 Å². The molecule has 0 unspecified atom stereocenters. The zero-order chi connectivity index (χ0) is 17.6. The SMILES string of the molecule is CCCNC(=O)C1CCN(c2cncnc2N2CCN(C)CC2)CC1. The summed E-state index contributed by atoms with van der Waals surface area (Å²) in [4.78, 5) is 28.1. The molecule has 0 saturated carbocycles. The Morgan fingerprint density at radius 2 is 1.88 bits per heavy atom. The van der Waals surface area contributed by atoms with Crippen molar-refractivity contribution in [3.8, 4) is 0 Å². The van der Waals surface area contributed by atoms with Crippen molar-refractivity contribution < 1.29 is 4.79 Å². The van der Waals surface area contributed by atoms with E-state index in [-0.39, 0.29) is 11.8 Å². The van der Waals surface area contributed by atoms with Gasteiger partial charge in [-0.15, -0.1) is 0 Å². The van der Waals surface area contributed by atoms with Gasteiger partial charge in [-0.3, -0.25) is 4.79 Å². The molecule has 2 aliphatic heterocycles. The van der Waals surface area contributed by atoms with Crippen LogP contribution in [0.1, 0.15) is 26.2 Å². The van der Waals surface area contributed by atoms with E-state index in [9.17, 15) is 4.79 Å². The molecule has 1 N–H and O–H groups in total. The van der Waals surface area contributed by atoms with Gasteiger partial charge in [-0.25, -0.2) is 9.97 Å². The lowest BCUT2D eigenvalue weighted by Gasteiger charge is -2.38. The summed E-state index contributed by atoms with van der Waals surface area (Å²) in [5, 5.41) is 3.03. The summed E-state index contributed by atoms with van der Waals surface area (Å²) >= 11 is 0. The van der Waals surface area contributed by atoms with Crippen molar-refractivity contribution in [2.75, 3.05) is 62.7 Å². The first-order valence-corrected chi connectivity index (χ1v) is 9.45. The van der Waals surface area contributed by atoms with Gasteiger partial charge >= 0.3 is 0 Å². The third kappa shape index (κ3) is 4.39. The van der Waals surface area contributed by atoms with Crippen molar-refractivity contribution in [3.63, 3.8) is 0 Å². The number of piperazine rings is 1. The number of amides is 1. The minimum atomic E-state index is 0.138. The van der Waals surface area contributed by atoms with E-state index in [4.69, 9.17) is 0 Å². The Morgan fingerprint density at radius 3 is 2.56 bits per heavy atom. The van der Waals surface area contributed by atoms with Crippen LogP contribution in [0.15, 0.2) is 12.5 Å². The Morgan fingerprint density at radius 1 is 1.16 bits per heavy atom. The molecule has 3 heterocycles. The highest BCUT2D eigenvalue weighted by Crippen LogP contribution is 2.30. The van der Waals surface area contributed by atoms with E-state index in [1.54, 1.807) is 6.33 Å². The molecule has 25 heavy (non-hydrogen) atoms. The normalized spacial score (nSPS) is 19.9. The molecule has 0 aliphatic carbocycles. The van der Waals surface area contributed by atoms with Crippen LogP contribution in [-0.2, 0) is 4.79 Å². The molecule has 2 saturated heterocycles. The van der Waals surface area contributed by atoms with Gasteiger partial charge in [-0.05, 0) is 26.3 Å². The van der Waals surface area contributed by atoms with Gasteiger partial charge in [0.15, 0.2) is 5.82 Å². The van der Waals surface area contributed by atoms with E-state index in [2.05, 4.69) is 44.0 Å². The standard InChI is InChI=1S/C18H30N6O/c1-3-6-20-18(25)15-4-7-23(8-5-15)16-13-19-14-21-17(16)24-11-9-22(2)10-12-24/h13-15H,3-12H2,1-2H3,(H,20,25). The second-order valence-corrected chi connectivity index (χ2v) is 7.07. The van der Waals surface area contributed by atoms with Crippen molar-refractivity contribution in [1.29, 1.82) is 0 Å².